The maximum atomic E-state index is 12.8. The van der Waals surface area contributed by atoms with Crippen LogP contribution in [-0.2, 0) is 11.2 Å². The van der Waals surface area contributed by atoms with E-state index in [0.29, 0.717) is 30.5 Å². The molecular weight excluding hydrogens is 462 g/mol. The number of hydrogen-bond acceptors (Lipinski definition) is 12. The summed E-state index contributed by atoms with van der Waals surface area (Å²) < 4.78 is 12.5. The van der Waals surface area contributed by atoms with Crippen LogP contribution in [0.3, 0.4) is 0 Å². The third kappa shape index (κ3) is 4.23. The molecule has 0 radical (unpaired) electrons. The highest BCUT2D eigenvalue weighted by Gasteiger charge is 2.44. The minimum absolute atomic E-state index is 0.163. The van der Waals surface area contributed by atoms with Gasteiger partial charge in [-0.15, -0.1) is 0 Å². The molecule has 2 fully saturated rings. The Labute approximate surface area is 198 Å². The second-order valence-corrected chi connectivity index (χ2v) is 8.66. The fraction of sp³-hybridized carbons (Fsp3) is 0.571. The molecule has 1 saturated carbocycles. The van der Waals surface area contributed by atoms with Crippen molar-refractivity contribution in [1.29, 1.82) is 0 Å². The second kappa shape index (κ2) is 9.47. The van der Waals surface area contributed by atoms with Gasteiger partial charge in [-0.2, -0.15) is 15.1 Å². The Hall–Kier alpha value is -3.17. The van der Waals surface area contributed by atoms with Crippen LogP contribution < -0.4 is 10.1 Å². The van der Waals surface area contributed by atoms with Crippen molar-refractivity contribution in [3.63, 3.8) is 0 Å². The van der Waals surface area contributed by atoms with E-state index in [0.717, 1.165) is 6.42 Å². The number of nitrogens with one attached hydrogen (secondary N) is 2. The van der Waals surface area contributed by atoms with E-state index < -0.39 is 43.2 Å². The first-order chi connectivity index (χ1) is 16.9. The number of aliphatic hydroxyl groups excluding tert-OH is 4. The first-order valence-electron chi connectivity index (χ1n) is 11.5. The third-order valence-corrected chi connectivity index (χ3v) is 6.47. The van der Waals surface area contributed by atoms with Gasteiger partial charge in [0.05, 0.1) is 31.3 Å². The standard InChI is InChI=1S/C21H27N7O7/c1-2-10-9(6-23-27-10)20(33)35-21-25-17(24-11-4-3-5-12(11)30)14-18(26-21)28(8-22-14)19-16(32)15(31)13(7-29)34-19/h6,8,11-13,15-16,19,29-32H,2-5,7H2,1H3,(H,23,27)(H,24,25,26)/t11-,12-,13-,15?,16?,19-/m1/s1. The van der Waals surface area contributed by atoms with E-state index in [1.54, 1.807) is 0 Å². The van der Waals surface area contributed by atoms with Crippen molar-refractivity contribution in [2.24, 2.45) is 0 Å². The van der Waals surface area contributed by atoms with Gasteiger partial charge in [-0.3, -0.25) is 9.67 Å². The molecule has 188 valence electrons. The predicted octanol–water partition coefficient (Wildman–Crippen LogP) is -0.732. The number of aromatic amines is 1. The van der Waals surface area contributed by atoms with Gasteiger partial charge >= 0.3 is 12.0 Å². The highest BCUT2D eigenvalue weighted by Crippen LogP contribution is 2.34. The molecule has 14 nitrogen and oxygen atoms in total. The van der Waals surface area contributed by atoms with Crippen molar-refractivity contribution >= 4 is 23.0 Å². The zero-order valence-corrected chi connectivity index (χ0v) is 18.9. The fourth-order valence-electron chi connectivity index (χ4n) is 4.52. The highest BCUT2D eigenvalue weighted by atomic mass is 16.6. The summed E-state index contributed by atoms with van der Waals surface area (Å²) in [5, 5.41) is 50.2. The number of rotatable bonds is 7. The fourth-order valence-corrected chi connectivity index (χ4v) is 4.52. The molecule has 3 aromatic heterocycles. The first kappa shape index (κ1) is 23.6. The van der Waals surface area contributed by atoms with E-state index in [1.165, 1.54) is 17.1 Å². The molecule has 0 amide bonds. The SMILES string of the molecule is CCc1[nH]ncc1C(=O)Oc1nc(N[C@@H]2CCC[C@H]2O)c2ncn([C@@H]3O[C@H](CO)C(O)C3O)c2n1. The third-order valence-electron chi connectivity index (χ3n) is 6.47. The number of fused-ring (bicyclic) bond motifs is 1. The van der Waals surface area contributed by atoms with Crippen molar-refractivity contribution in [3.05, 3.63) is 23.8 Å². The van der Waals surface area contributed by atoms with Gasteiger partial charge < -0.3 is 35.2 Å². The number of ether oxygens (including phenoxy) is 2. The van der Waals surface area contributed by atoms with E-state index in [4.69, 9.17) is 9.47 Å². The van der Waals surface area contributed by atoms with Crippen LogP contribution in [0.4, 0.5) is 5.82 Å². The Morgan fingerprint density at radius 3 is 2.80 bits per heavy atom. The zero-order valence-electron chi connectivity index (χ0n) is 18.9. The van der Waals surface area contributed by atoms with Crippen molar-refractivity contribution in [2.45, 2.75) is 69.3 Å². The first-order valence-corrected chi connectivity index (χ1v) is 11.5. The number of anilines is 1. The number of carbonyl (C=O) groups is 1. The van der Waals surface area contributed by atoms with Gasteiger partial charge in [-0.05, 0) is 25.7 Å². The molecule has 1 aliphatic carbocycles. The Bertz CT molecular complexity index is 1210. The van der Waals surface area contributed by atoms with Crippen LogP contribution in [-0.4, -0.2) is 93.2 Å². The van der Waals surface area contributed by atoms with Crippen LogP contribution in [0.5, 0.6) is 6.01 Å². The molecule has 4 heterocycles. The molecule has 0 spiro atoms. The molecule has 14 heteroatoms. The summed E-state index contributed by atoms with van der Waals surface area (Å²) in [6, 6.07) is -0.564. The van der Waals surface area contributed by atoms with Gasteiger partial charge in [0.15, 0.2) is 23.2 Å². The van der Waals surface area contributed by atoms with E-state index in [1.807, 2.05) is 6.92 Å². The molecule has 0 bridgehead atoms. The van der Waals surface area contributed by atoms with Crippen molar-refractivity contribution in [2.75, 3.05) is 11.9 Å². The monoisotopic (exact) mass is 489 g/mol. The lowest BCUT2D eigenvalue weighted by atomic mass is 10.1. The van der Waals surface area contributed by atoms with E-state index in [2.05, 4.69) is 30.5 Å². The maximum Gasteiger partial charge on any atom is 0.349 e. The summed E-state index contributed by atoms with van der Waals surface area (Å²) in [4.78, 5) is 25.8. The number of esters is 1. The number of hydrogen-bond donors (Lipinski definition) is 6. The summed E-state index contributed by atoms with van der Waals surface area (Å²) in [6.45, 7) is 1.37. The predicted molar refractivity (Wildman–Crippen MR) is 119 cm³/mol. The molecule has 2 aliphatic rings. The lowest BCUT2D eigenvalue weighted by molar-refractivity contribution is -0.0511. The van der Waals surface area contributed by atoms with Crippen LogP contribution in [0.15, 0.2) is 12.5 Å². The van der Waals surface area contributed by atoms with Crippen molar-refractivity contribution in [3.8, 4) is 6.01 Å². The molecule has 3 aromatic rings. The van der Waals surface area contributed by atoms with E-state index in [-0.39, 0.29) is 29.1 Å². The smallest absolute Gasteiger partial charge is 0.349 e. The van der Waals surface area contributed by atoms with Crippen LogP contribution in [0.2, 0.25) is 0 Å². The molecule has 6 N–H and O–H groups in total. The molecule has 1 aliphatic heterocycles. The molecular formula is C21H27N7O7. The number of imidazole rings is 1. The number of nitrogens with zero attached hydrogens (tertiary/aromatic N) is 5. The number of aryl methyl sites for hydroxylation is 1. The average Bonchev–Trinajstić information content (AvgIpc) is 3.63. The number of aliphatic hydroxyl groups is 4. The minimum atomic E-state index is -1.36. The summed E-state index contributed by atoms with van der Waals surface area (Å²) in [6.07, 6.45) is 0.0919. The van der Waals surface area contributed by atoms with Crippen molar-refractivity contribution in [1.82, 2.24) is 29.7 Å². The van der Waals surface area contributed by atoms with Crippen molar-refractivity contribution < 1.29 is 34.7 Å². The molecule has 0 aromatic carbocycles. The summed E-state index contributed by atoms with van der Waals surface area (Å²) in [5.41, 5.74) is 1.30. The van der Waals surface area contributed by atoms with E-state index in [9.17, 15) is 25.2 Å². The summed E-state index contributed by atoms with van der Waals surface area (Å²) in [5.74, 6) is -0.474. The Morgan fingerprint density at radius 1 is 1.29 bits per heavy atom. The minimum Gasteiger partial charge on any atom is -0.394 e. The number of H-pyrrole nitrogens is 1. The zero-order chi connectivity index (χ0) is 24.7. The summed E-state index contributed by atoms with van der Waals surface area (Å²) >= 11 is 0. The van der Waals surface area contributed by atoms with Crippen LogP contribution in [0.1, 0.15) is 48.5 Å². The molecule has 2 unspecified atom stereocenters. The molecule has 5 rings (SSSR count). The van der Waals surface area contributed by atoms with Crippen LogP contribution in [0, 0.1) is 0 Å². The van der Waals surface area contributed by atoms with Gasteiger partial charge in [0, 0.05) is 5.69 Å². The lowest BCUT2D eigenvalue weighted by Gasteiger charge is -2.19. The summed E-state index contributed by atoms with van der Waals surface area (Å²) in [7, 11) is 0. The molecule has 1 saturated heterocycles. The number of aromatic nitrogens is 6. The molecule has 35 heavy (non-hydrogen) atoms. The lowest BCUT2D eigenvalue weighted by Crippen LogP contribution is -2.33. The number of carbonyl (C=O) groups excluding carboxylic acids is 1. The molecule has 6 atom stereocenters. The quantitative estimate of drug-likeness (QED) is 0.228. The Kier molecular flexibility index (Phi) is 6.37. The average molecular weight is 489 g/mol. The van der Waals surface area contributed by atoms with E-state index >= 15 is 0 Å². The maximum absolute atomic E-state index is 12.8. The largest absolute Gasteiger partial charge is 0.394 e. The Morgan fingerprint density at radius 2 is 2.11 bits per heavy atom. The van der Waals surface area contributed by atoms with Gasteiger partial charge in [0.2, 0.25) is 0 Å². The Balaban J connectivity index is 1.54. The van der Waals surface area contributed by atoms with Gasteiger partial charge in [-0.1, -0.05) is 6.92 Å². The normalized spacial score (nSPS) is 28.6. The topological polar surface area (TPSA) is 201 Å². The van der Waals surface area contributed by atoms with Gasteiger partial charge in [0.25, 0.3) is 0 Å². The second-order valence-electron chi connectivity index (χ2n) is 8.66. The van der Waals surface area contributed by atoms with Gasteiger partial charge in [-0.25, -0.2) is 9.78 Å². The van der Waals surface area contributed by atoms with Crippen LogP contribution in [0.25, 0.3) is 11.2 Å². The highest BCUT2D eigenvalue weighted by molar-refractivity contribution is 5.92. The van der Waals surface area contributed by atoms with Crippen LogP contribution >= 0.6 is 0 Å². The van der Waals surface area contributed by atoms with Gasteiger partial charge in [0.1, 0.15) is 23.9 Å².